The molecule has 1 radical (unpaired) electrons. The molecule has 0 saturated heterocycles. The van der Waals surface area contributed by atoms with Crippen LogP contribution < -0.4 is 4.46 Å². The molecular formula is C6H5Se. The number of hydrogen-bond acceptors (Lipinski definition) is 0. The minimum absolute atomic E-state index is 1.20. The van der Waals surface area contributed by atoms with Crippen molar-refractivity contribution in [3.8, 4) is 0 Å². The molecule has 1 rings (SSSR count). The Morgan fingerprint density at radius 2 is 1.57 bits per heavy atom. The van der Waals surface area contributed by atoms with E-state index in [-0.39, 0.29) is 0 Å². The van der Waals surface area contributed by atoms with Gasteiger partial charge in [-0.1, -0.05) is 0 Å². The van der Waals surface area contributed by atoms with Gasteiger partial charge in [0, 0.05) is 0 Å². The van der Waals surface area contributed by atoms with Gasteiger partial charge in [0.1, 0.15) is 0 Å². The molecule has 35 valence electrons. The Bertz CT molecular complexity index is 134. The van der Waals surface area contributed by atoms with Crippen LogP contribution in [0.2, 0.25) is 0 Å². The van der Waals surface area contributed by atoms with Crippen LogP contribution in [-0.2, 0) is 0 Å². The molecule has 0 nitrogen and oxygen atoms in total. The van der Waals surface area contributed by atoms with Gasteiger partial charge >= 0.3 is 50.8 Å². The number of hydrogen-bond donors (Lipinski definition) is 0. The molecule has 1 aromatic carbocycles. The molecule has 1 aromatic rings. The van der Waals surface area contributed by atoms with Gasteiger partial charge in [0.05, 0.1) is 0 Å². The van der Waals surface area contributed by atoms with E-state index in [1.54, 1.807) is 0 Å². The average Bonchev–Trinajstić information content (AvgIpc) is 1.69. The molecule has 7 heavy (non-hydrogen) atoms. The van der Waals surface area contributed by atoms with Crippen LogP contribution in [0.1, 0.15) is 0 Å². The molecule has 0 unspecified atom stereocenters. The van der Waals surface area contributed by atoms with Crippen LogP contribution in [0.25, 0.3) is 0 Å². The zero-order chi connectivity index (χ0) is 5.11. The summed E-state index contributed by atoms with van der Waals surface area (Å²) in [4.78, 5) is 0. The van der Waals surface area contributed by atoms with Gasteiger partial charge in [-0.05, 0) is 0 Å². The zero-order valence-corrected chi connectivity index (χ0v) is 5.51. The van der Waals surface area contributed by atoms with Gasteiger partial charge in [0.2, 0.25) is 0 Å². The van der Waals surface area contributed by atoms with E-state index in [0.29, 0.717) is 0 Å². The summed E-state index contributed by atoms with van der Waals surface area (Å²) in [5.74, 6) is 0. The molecule has 0 saturated carbocycles. The van der Waals surface area contributed by atoms with Gasteiger partial charge in [0.15, 0.2) is 0 Å². The zero-order valence-electron chi connectivity index (χ0n) is 3.79. The molecule has 0 aliphatic heterocycles. The summed E-state index contributed by atoms with van der Waals surface area (Å²) in [6, 6.07) is 10.1. The normalized spacial score (nSPS) is 8.57. The summed E-state index contributed by atoms with van der Waals surface area (Å²) in [6.45, 7) is 0. The maximum absolute atomic E-state index is 2.90. The summed E-state index contributed by atoms with van der Waals surface area (Å²) in [6.07, 6.45) is 0. The second kappa shape index (κ2) is 2.15. The predicted molar refractivity (Wildman–Crippen MR) is 31.8 cm³/mol. The number of rotatable bonds is 0. The second-order valence-corrected chi connectivity index (χ2v) is 2.30. The van der Waals surface area contributed by atoms with Crippen molar-refractivity contribution < 1.29 is 0 Å². The molecule has 0 heterocycles. The van der Waals surface area contributed by atoms with Crippen LogP contribution >= 0.6 is 0 Å². The Kier molecular flexibility index (Phi) is 1.50. The summed E-state index contributed by atoms with van der Waals surface area (Å²) in [5.41, 5.74) is 0. The molecule has 0 amide bonds. The van der Waals surface area contributed by atoms with Gasteiger partial charge in [0.25, 0.3) is 0 Å². The minimum atomic E-state index is 1.20. The molecule has 0 fully saturated rings. The third-order valence-corrected chi connectivity index (χ3v) is 1.31. The Labute approximate surface area is 51.4 Å². The Morgan fingerprint density at radius 1 is 1.00 bits per heavy atom. The van der Waals surface area contributed by atoms with Gasteiger partial charge < -0.3 is 0 Å². The van der Waals surface area contributed by atoms with Crippen LogP contribution in [0, 0.1) is 0 Å². The topological polar surface area (TPSA) is 0 Å². The van der Waals surface area contributed by atoms with Crippen LogP contribution in [0.4, 0.5) is 0 Å². The Hall–Kier alpha value is -0.261. The molecule has 0 spiro atoms. The van der Waals surface area contributed by atoms with E-state index >= 15 is 0 Å². The van der Waals surface area contributed by atoms with Gasteiger partial charge in [-0.25, -0.2) is 0 Å². The first-order valence-corrected chi connectivity index (χ1v) is 2.97. The van der Waals surface area contributed by atoms with Crippen molar-refractivity contribution in [3.63, 3.8) is 0 Å². The summed E-state index contributed by atoms with van der Waals surface area (Å²) in [7, 11) is 0. The molecule has 0 aliphatic rings. The van der Waals surface area contributed by atoms with E-state index < -0.39 is 0 Å². The molecular weight excluding hydrogens is 151 g/mol. The van der Waals surface area contributed by atoms with E-state index in [1.807, 2.05) is 30.3 Å². The SMILES string of the molecule is [Se]c1ccccc1. The summed E-state index contributed by atoms with van der Waals surface area (Å²) < 4.78 is 1.20. The van der Waals surface area contributed by atoms with Crippen LogP contribution in [-0.4, -0.2) is 16.0 Å². The third-order valence-electron chi connectivity index (χ3n) is 0.743. The van der Waals surface area contributed by atoms with Crippen molar-refractivity contribution >= 4 is 20.5 Å². The van der Waals surface area contributed by atoms with Gasteiger partial charge in [-0.3, -0.25) is 0 Å². The Morgan fingerprint density at radius 3 is 1.86 bits per heavy atom. The van der Waals surface area contributed by atoms with Crippen molar-refractivity contribution in [2.24, 2.45) is 0 Å². The van der Waals surface area contributed by atoms with Crippen LogP contribution in [0.15, 0.2) is 30.3 Å². The Balaban J connectivity index is 3.02. The van der Waals surface area contributed by atoms with Crippen molar-refractivity contribution in [2.75, 3.05) is 0 Å². The summed E-state index contributed by atoms with van der Waals surface area (Å²) in [5, 5.41) is 0. The molecule has 0 aliphatic carbocycles. The first-order chi connectivity index (χ1) is 3.39. The third kappa shape index (κ3) is 1.34. The van der Waals surface area contributed by atoms with E-state index in [2.05, 4.69) is 16.0 Å². The van der Waals surface area contributed by atoms with Crippen molar-refractivity contribution in [2.45, 2.75) is 0 Å². The first-order valence-electron chi connectivity index (χ1n) is 2.11. The monoisotopic (exact) mass is 157 g/mol. The van der Waals surface area contributed by atoms with Gasteiger partial charge in [-0.2, -0.15) is 0 Å². The molecule has 0 atom stereocenters. The standard InChI is InChI=1S/C6H5Se/c7-6-4-2-1-3-5-6/h1-5H. The fourth-order valence-electron chi connectivity index (χ4n) is 0.420. The predicted octanol–water partition coefficient (Wildman–Crippen LogP) is 0.480. The average molecular weight is 156 g/mol. The van der Waals surface area contributed by atoms with Crippen molar-refractivity contribution in [1.82, 2.24) is 0 Å². The molecule has 0 bridgehead atoms. The molecule has 1 heteroatoms. The summed E-state index contributed by atoms with van der Waals surface area (Å²) >= 11 is 2.90. The van der Waals surface area contributed by atoms with Crippen LogP contribution in [0.3, 0.4) is 0 Å². The van der Waals surface area contributed by atoms with E-state index in [0.717, 1.165) is 0 Å². The quantitative estimate of drug-likeness (QED) is 0.479. The first kappa shape index (κ1) is 4.89. The van der Waals surface area contributed by atoms with Gasteiger partial charge in [-0.15, -0.1) is 0 Å². The fourth-order valence-corrected chi connectivity index (χ4v) is 0.750. The van der Waals surface area contributed by atoms with E-state index in [9.17, 15) is 0 Å². The van der Waals surface area contributed by atoms with Crippen molar-refractivity contribution in [3.05, 3.63) is 30.3 Å². The second-order valence-electron chi connectivity index (χ2n) is 1.31. The number of benzene rings is 1. The van der Waals surface area contributed by atoms with E-state index in [4.69, 9.17) is 0 Å². The molecule has 0 N–H and O–H groups in total. The fraction of sp³-hybridized carbons (Fsp3) is 0. The maximum atomic E-state index is 2.90. The van der Waals surface area contributed by atoms with Crippen molar-refractivity contribution in [1.29, 1.82) is 0 Å². The van der Waals surface area contributed by atoms with Crippen LogP contribution in [0.5, 0.6) is 0 Å². The van der Waals surface area contributed by atoms with E-state index in [1.165, 1.54) is 4.46 Å². The molecule has 0 aromatic heterocycles.